The summed E-state index contributed by atoms with van der Waals surface area (Å²) in [5, 5.41) is 15.9. The molecule has 0 aromatic carbocycles. The fraction of sp³-hybridized carbons (Fsp3) is 0.794. The monoisotopic (exact) mass is 597 g/mol. The number of rotatable bonds is 6. The van der Waals surface area contributed by atoms with Gasteiger partial charge in [-0.1, -0.05) is 13.8 Å². The second-order valence-corrected chi connectivity index (χ2v) is 14.9. The van der Waals surface area contributed by atoms with Crippen LogP contribution in [0.3, 0.4) is 0 Å². The summed E-state index contributed by atoms with van der Waals surface area (Å²) in [7, 11) is 1.96. The Morgan fingerprint density at radius 2 is 1.88 bits per heavy atom. The lowest BCUT2D eigenvalue weighted by molar-refractivity contribution is -0.203. The molecular weight excluding hydrogens is 546 g/mol. The molecule has 4 aliphatic carbocycles. The van der Waals surface area contributed by atoms with E-state index < -0.39 is 22.7 Å². The quantitative estimate of drug-likeness (QED) is 0.464. The number of fused-ring (bicyclic) bond motifs is 5. The number of hydrogen-bond acceptors (Lipinski definition) is 7. The number of aliphatic hydroxyl groups is 1. The van der Waals surface area contributed by atoms with E-state index >= 15 is 0 Å². The summed E-state index contributed by atoms with van der Waals surface area (Å²) in [5.74, 6) is 0.383. The minimum Gasteiger partial charge on any atom is -0.462 e. The van der Waals surface area contributed by atoms with E-state index in [9.17, 15) is 19.5 Å². The van der Waals surface area contributed by atoms with Crippen LogP contribution in [0, 0.1) is 28.6 Å². The fourth-order valence-corrected chi connectivity index (χ4v) is 10.6. The molecule has 5 aliphatic rings. The van der Waals surface area contributed by atoms with Gasteiger partial charge in [0.25, 0.3) is 0 Å². The highest BCUT2D eigenvalue weighted by molar-refractivity contribution is 5.74. The Balaban J connectivity index is 1.17. The highest BCUT2D eigenvalue weighted by Gasteiger charge is 2.70. The SMILES string of the molecule is CC(=O)O[C@H]1C[C@]2(O)[C@@H]3CC[C@@H]4C[C@@H](N(C)C(=O)NCCN5CCCC5)CC[C@]4(C)[C@H]3CC[C@]2(C)[C@H]1c1ccc(=O)oc1. The van der Waals surface area contributed by atoms with E-state index in [1.165, 1.54) is 32.1 Å². The van der Waals surface area contributed by atoms with E-state index in [0.717, 1.165) is 70.1 Å². The van der Waals surface area contributed by atoms with Gasteiger partial charge in [0.1, 0.15) is 6.10 Å². The van der Waals surface area contributed by atoms with Gasteiger partial charge in [0.2, 0.25) is 0 Å². The first-order chi connectivity index (χ1) is 20.5. The molecule has 1 aromatic heterocycles. The van der Waals surface area contributed by atoms with Crippen molar-refractivity contribution in [1.29, 1.82) is 0 Å². The summed E-state index contributed by atoms with van der Waals surface area (Å²) in [4.78, 5) is 41.4. The van der Waals surface area contributed by atoms with Gasteiger partial charge in [-0.15, -0.1) is 0 Å². The number of hydrogen-bond donors (Lipinski definition) is 2. The molecule has 4 saturated carbocycles. The van der Waals surface area contributed by atoms with Crippen LogP contribution in [0.15, 0.2) is 27.6 Å². The third kappa shape index (κ3) is 5.22. The topological polar surface area (TPSA) is 112 Å². The van der Waals surface area contributed by atoms with Gasteiger partial charge in [0.05, 0.1) is 11.9 Å². The lowest BCUT2D eigenvalue weighted by Crippen LogP contribution is -2.62. The van der Waals surface area contributed by atoms with Crippen LogP contribution >= 0.6 is 0 Å². The van der Waals surface area contributed by atoms with Crippen LogP contribution in [0.4, 0.5) is 4.79 Å². The number of amides is 2. The average Bonchev–Trinajstić information content (AvgIpc) is 3.56. The Morgan fingerprint density at radius 3 is 2.58 bits per heavy atom. The summed E-state index contributed by atoms with van der Waals surface area (Å²) in [6.07, 6.45) is 10.7. The lowest BCUT2D eigenvalue weighted by Gasteiger charge is -2.63. The first-order valence-electron chi connectivity index (χ1n) is 16.7. The largest absolute Gasteiger partial charge is 0.462 e. The number of esters is 1. The second kappa shape index (κ2) is 11.5. The van der Waals surface area contributed by atoms with Crippen LogP contribution < -0.4 is 10.9 Å². The number of ether oxygens (including phenoxy) is 1. The van der Waals surface area contributed by atoms with Gasteiger partial charge in [-0.3, -0.25) is 4.79 Å². The number of carbonyl (C=O) groups is 2. The van der Waals surface area contributed by atoms with Crippen molar-refractivity contribution in [3.05, 3.63) is 34.4 Å². The molecule has 2 N–H and O–H groups in total. The highest BCUT2D eigenvalue weighted by atomic mass is 16.5. The zero-order valence-electron chi connectivity index (χ0n) is 26.5. The molecule has 0 radical (unpaired) electrons. The van der Waals surface area contributed by atoms with E-state index in [1.54, 1.807) is 6.07 Å². The Labute approximate surface area is 255 Å². The Hall–Kier alpha value is -2.39. The van der Waals surface area contributed by atoms with Crippen LogP contribution in [-0.4, -0.2) is 77.9 Å². The van der Waals surface area contributed by atoms with Gasteiger partial charge in [0, 0.05) is 56.9 Å². The standard InChI is InChI=1S/C34H51N3O6/c1-22(38)43-28-20-34(41)27-9-8-24-19-25(36(4)31(40)35-15-18-37-16-5-6-17-37)11-13-32(24,2)26(27)12-14-33(34,3)30(28)23-7-10-29(39)42-21-23/h7,10,21,24-28,30,41H,5-6,8-9,11-20H2,1-4H3,(H,35,40)/t24-,25+,26+,27-,28+,30+,32+,33-,34+/m1/s1. The summed E-state index contributed by atoms with van der Waals surface area (Å²) < 4.78 is 11.2. The van der Waals surface area contributed by atoms with Crippen molar-refractivity contribution in [1.82, 2.24) is 15.1 Å². The van der Waals surface area contributed by atoms with Crippen LogP contribution in [-0.2, 0) is 9.53 Å². The summed E-state index contributed by atoms with van der Waals surface area (Å²) in [6.45, 7) is 9.92. The maximum atomic E-state index is 13.1. The molecular formula is C34H51N3O6. The van der Waals surface area contributed by atoms with Gasteiger partial charge in [-0.05, 0) is 106 Å². The summed E-state index contributed by atoms with van der Waals surface area (Å²) in [6, 6.07) is 3.46. The van der Waals surface area contributed by atoms with Crippen LogP contribution in [0.5, 0.6) is 0 Å². The van der Waals surface area contributed by atoms with Crippen molar-refractivity contribution >= 4 is 12.0 Å². The minimum absolute atomic E-state index is 0.0366. The normalized spacial score (nSPS) is 40.7. The van der Waals surface area contributed by atoms with Crippen molar-refractivity contribution in [2.45, 2.75) is 109 Å². The second-order valence-electron chi connectivity index (χ2n) is 14.9. The van der Waals surface area contributed by atoms with E-state index in [4.69, 9.17) is 9.15 Å². The third-order valence-corrected chi connectivity index (χ3v) is 13.0. The lowest BCUT2D eigenvalue weighted by atomic mass is 9.43. The molecule has 1 aromatic rings. The molecule has 1 saturated heterocycles. The molecule has 6 rings (SSSR count). The minimum atomic E-state index is -0.992. The molecule has 9 atom stereocenters. The van der Waals surface area contributed by atoms with Crippen molar-refractivity contribution in [3.8, 4) is 0 Å². The van der Waals surface area contributed by atoms with Gasteiger partial charge in [-0.25, -0.2) is 9.59 Å². The Bertz CT molecular complexity index is 1240. The number of urea groups is 1. The number of nitrogens with zero attached hydrogens (tertiary/aromatic N) is 2. The average molecular weight is 598 g/mol. The predicted molar refractivity (Wildman–Crippen MR) is 162 cm³/mol. The van der Waals surface area contributed by atoms with E-state index in [-0.39, 0.29) is 35.3 Å². The first-order valence-corrected chi connectivity index (χ1v) is 16.7. The van der Waals surface area contributed by atoms with E-state index in [2.05, 4.69) is 24.1 Å². The first kappa shape index (κ1) is 30.6. The molecule has 43 heavy (non-hydrogen) atoms. The smallest absolute Gasteiger partial charge is 0.335 e. The van der Waals surface area contributed by atoms with Gasteiger partial charge in [-0.2, -0.15) is 0 Å². The van der Waals surface area contributed by atoms with Gasteiger partial charge in [0.15, 0.2) is 0 Å². The highest BCUT2D eigenvalue weighted by Crippen LogP contribution is 2.71. The van der Waals surface area contributed by atoms with E-state index in [1.807, 2.05) is 11.9 Å². The van der Waals surface area contributed by atoms with E-state index in [0.29, 0.717) is 24.8 Å². The maximum absolute atomic E-state index is 13.1. The zero-order chi connectivity index (χ0) is 30.6. The molecule has 2 heterocycles. The zero-order valence-corrected chi connectivity index (χ0v) is 26.5. The van der Waals surface area contributed by atoms with Crippen molar-refractivity contribution in [3.63, 3.8) is 0 Å². The van der Waals surface area contributed by atoms with Crippen LogP contribution in [0.25, 0.3) is 0 Å². The third-order valence-electron chi connectivity index (χ3n) is 13.0. The van der Waals surface area contributed by atoms with Gasteiger partial charge >= 0.3 is 17.6 Å². The molecule has 9 heteroatoms. The predicted octanol–water partition coefficient (Wildman–Crippen LogP) is 4.53. The molecule has 1 aliphatic heterocycles. The Morgan fingerprint density at radius 1 is 1.12 bits per heavy atom. The summed E-state index contributed by atoms with van der Waals surface area (Å²) >= 11 is 0. The summed E-state index contributed by atoms with van der Waals surface area (Å²) in [5.41, 5.74) is -1.01. The molecule has 9 nitrogen and oxygen atoms in total. The van der Waals surface area contributed by atoms with Crippen molar-refractivity contribution < 1.29 is 23.8 Å². The molecule has 0 bridgehead atoms. The number of likely N-dealkylation sites (tertiary alicyclic amines) is 1. The van der Waals surface area contributed by atoms with Crippen LogP contribution in [0.1, 0.15) is 96.5 Å². The number of nitrogens with one attached hydrogen (secondary N) is 1. The van der Waals surface area contributed by atoms with Gasteiger partial charge < -0.3 is 29.4 Å². The van der Waals surface area contributed by atoms with Crippen LogP contribution in [0.2, 0.25) is 0 Å². The Kier molecular flexibility index (Phi) is 8.20. The molecule has 0 spiro atoms. The molecule has 5 fully saturated rings. The fourth-order valence-electron chi connectivity index (χ4n) is 10.6. The number of carbonyl (C=O) groups excluding carboxylic acids is 2. The van der Waals surface area contributed by atoms with Crippen molar-refractivity contribution in [2.24, 2.45) is 28.6 Å². The van der Waals surface area contributed by atoms with Crippen molar-refractivity contribution in [2.75, 3.05) is 33.2 Å². The molecule has 0 unspecified atom stereocenters. The molecule has 238 valence electrons. The molecule has 2 amide bonds. The maximum Gasteiger partial charge on any atom is 0.335 e.